The van der Waals surface area contributed by atoms with Crippen molar-refractivity contribution in [3.63, 3.8) is 0 Å². The molecule has 2 nitrogen and oxygen atoms in total. The van der Waals surface area contributed by atoms with Crippen molar-refractivity contribution >= 4 is 0 Å². The van der Waals surface area contributed by atoms with Gasteiger partial charge < -0.3 is 0 Å². The van der Waals surface area contributed by atoms with Gasteiger partial charge in [-0.25, -0.2) is 0 Å². The van der Waals surface area contributed by atoms with Crippen LogP contribution in [0.1, 0.15) is 51.9 Å². The summed E-state index contributed by atoms with van der Waals surface area (Å²) < 4.78 is 0. The van der Waals surface area contributed by atoms with E-state index in [0.717, 1.165) is 18.2 Å². The third kappa shape index (κ3) is 1.62. The molecule has 0 aliphatic carbocycles. The predicted octanol–water partition coefficient (Wildman–Crippen LogP) is 2.45. The Morgan fingerprint density at radius 2 is 1.87 bits per heavy atom. The van der Waals surface area contributed by atoms with Crippen molar-refractivity contribution in [2.24, 2.45) is 0 Å². The molecule has 3 fully saturated rings. The molecule has 3 rings (SSSR count). The van der Waals surface area contributed by atoms with Crippen LogP contribution in [0.2, 0.25) is 0 Å². The summed E-state index contributed by atoms with van der Waals surface area (Å²) in [5, 5.41) is 0. The monoisotopic (exact) mass is 208 g/mol. The maximum absolute atomic E-state index is 2.84. The van der Waals surface area contributed by atoms with E-state index in [9.17, 15) is 0 Å². The highest BCUT2D eigenvalue weighted by Gasteiger charge is 2.42. The molecule has 3 saturated heterocycles. The van der Waals surface area contributed by atoms with Gasteiger partial charge in [-0.3, -0.25) is 9.80 Å². The van der Waals surface area contributed by atoms with E-state index in [1.165, 1.54) is 58.0 Å². The van der Waals surface area contributed by atoms with Crippen LogP contribution in [-0.4, -0.2) is 41.1 Å². The standard InChI is InChI=1S/C13H24N2/c1-2-11-10-12-6-3-4-8-15(12)13-7-5-9-14(11)13/h11-13H,2-10H2,1H3/t11-,12+,13-/m0/s1. The summed E-state index contributed by atoms with van der Waals surface area (Å²) >= 11 is 0. The lowest BCUT2D eigenvalue weighted by Crippen LogP contribution is -2.60. The van der Waals surface area contributed by atoms with Gasteiger partial charge in [-0.05, 0) is 45.1 Å². The zero-order valence-electron chi connectivity index (χ0n) is 9.99. The van der Waals surface area contributed by atoms with Gasteiger partial charge in [0.1, 0.15) is 0 Å². The van der Waals surface area contributed by atoms with Gasteiger partial charge in [-0.1, -0.05) is 13.3 Å². The SMILES string of the molecule is CC[C@H]1C[C@H]2CCCCN2[C@H]2CCCN12. The minimum atomic E-state index is 0.828. The van der Waals surface area contributed by atoms with Gasteiger partial charge in [0, 0.05) is 18.6 Å². The lowest BCUT2D eigenvalue weighted by Gasteiger charge is -2.51. The summed E-state index contributed by atoms with van der Waals surface area (Å²) in [6.07, 6.45) is 10.9. The molecule has 15 heavy (non-hydrogen) atoms. The van der Waals surface area contributed by atoms with Crippen molar-refractivity contribution in [2.75, 3.05) is 13.1 Å². The fraction of sp³-hybridized carbons (Fsp3) is 1.00. The summed E-state index contributed by atoms with van der Waals surface area (Å²) in [6, 6.07) is 1.83. The molecule has 0 N–H and O–H groups in total. The van der Waals surface area contributed by atoms with Gasteiger partial charge in [-0.15, -0.1) is 0 Å². The number of hydrogen-bond acceptors (Lipinski definition) is 2. The van der Waals surface area contributed by atoms with Crippen molar-refractivity contribution in [1.82, 2.24) is 9.80 Å². The third-order valence-corrected chi connectivity index (χ3v) is 4.80. The Bertz CT molecular complexity index is 229. The minimum Gasteiger partial charge on any atom is -0.285 e. The lowest BCUT2D eigenvalue weighted by molar-refractivity contribution is -0.0595. The number of rotatable bonds is 1. The molecular formula is C13H24N2. The van der Waals surface area contributed by atoms with E-state index in [4.69, 9.17) is 0 Å². The van der Waals surface area contributed by atoms with Crippen molar-refractivity contribution in [2.45, 2.75) is 70.1 Å². The van der Waals surface area contributed by atoms with E-state index in [1.54, 1.807) is 0 Å². The average molecular weight is 208 g/mol. The molecule has 0 aromatic carbocycles. The second-order valence-electron chi connectivity index (χ2n) is 5.55. The molecule has 0 aromatic rings. The van der Waals surface area contributed by atoms with Gasteiger partial charge >= 0.3 is 0 Å². The Labute approximate surface area is 93.6 Å². The number of fused-ring (bicyclic) bond motifs is 3. The van der Waals surface area contributed by atoms with Gasteiger partial charge in [0.15, 0.2) is 0 Å². The highest BCUT2D eigenvalue weighted by molar-refractivity contribution is 4.96. The first-order valence-corrected chi connectivity index (χ1v) is 6.91. The van der Waals surface area contributed by atoms with E-state index in [1.807, 2.05) is 0 Å². The normalized spacial score (nSPS) is 42.6. The Hall–Kier alpha value is -0.0800. The van der Waals surface area contributed by atoms with Crippen molar-refractivity contribution < 1.29 is 0 Å². The Kier molecular flexibility index (Phi) is 2.73. The second-order valence-corrected chi connectivity index (χ2v) is 5.55. The van der Waals surface area contributed by atoms with Gasteiger partial charge in [0.05, 0.1) is 6.17 Å². The first kappa shape index (κ1) is 10.1. The molecule has 3 atom stereocenters. The molecule has 0 radical (unpaired) electrons. The van der Waals surface area contributed by atoms with Crippen molar-refractivity contribution in [1.29, 1.82) is 0 Å². The van der Waals surface area contributed by atoms with Gasteiger partial charge in [0.25, 0.3) is 0 Å². The number of nitrogens with zero attached hydrogens (tertiary/aromatic N) is 2. The van der Waals surface area contributed by atoms with E-state index in [2.05, 4.69) is 16.7 Å². The molecule has 0 spiro atoms. The Morgan fingerprint density at radius 3 is 2.73 bits per heavy atom. The Morgan fingerprint density at radius 1 is 1.00 bits per heavy atom. The molecule has 0 bridgehead atoms. The molecule has 86 valence electrons. The average Bonchev–Trinajstić information content (AvgIpc) is 2.77. The van der Waals surface area contributed by atoms with E-state index < -0.39 is 0 Å². The highest BCUT2D eigenvalue weighted by Crippen LogP contribution is 2.37. The molecule has 0 saturated carbocycles. The third-order valence-electron chi connectivity index (χ3n) is 4.80. The molecule has 0 unspecified atom stereocenters. The molecular weight excluding hydrogens is 184 g/mol. The minimum absolute atomic E-state index is 0.828. The van der Waals surface area contributed by atoms with Crippen molar-refractivity contribution in [3.05, 3.63) is 0 Å². The molecule has 2 heteroatoms. The fourth-order valence-electron chi connectivity index (χ4n) is 4.07. The predicted molar refractivity (Wildman–Crippen MR) is 62.8 cm³/mol. The maximum Gasteiger partial charge on any atom is 0.0627 e. The smallest absolute Gasteiger partial charge is 0.0627 e. The van der Waals surface area contributed by atoms with Gasteiger partial charge in [-0.2, -0.15) is 0 Å². The number of hydrogen-bond donors (Lipinski definition) is 0. The van der Waals surface area contributed by atoms with Crippen LogP contribution in [-0.2, 0) is 0 Å². The van der Waals surface area contributed by atoms with E-state index in [-0.39, 0.29) is 0 Å². The van der Waals surface area contributed by atoms with E-state index in [0.29, 0.717) is 0 Å². The molecule has 3 aliphatic rings. The summed E-state index contributed by atoms with van der Waals surface area (Å²) in [7, 11) is 0. The quantitative estimate of drug-likeness (QED) is 0.653. The summed E-state index contributed by atoms with van der Waals surface area (Å²) in [6.45, 7) is 5.12. The summed E-state index contributed by atoms with van der Waals surface area (Å²) in [4.78, 5) is 5.64. The van der Waals surface area contributed by atoms with Crippen LogP contribution in [0.25, 0.3) is 0 Å². The first-order valence-electron chi connectivity index (χ1n) is 6.91. The lowest BCUT2D eigenvalue weighted by atomic mass is 9.90. The zero-order chi connectivity index (χ0) is 10.3. The second kappa shape index (κ2) is 4.06. The van der Waals surface area contributed by atoms with Crippen molar-refractivity contribution in [3.8, 4) is 0 Å². The van der Waals surface area contributed by atoms with Crippen LogP contribution in [0.3, 0.4) is 0 Å². The Balaban J connectivity index is 1.79. The first-order chi connectivity index (χ1) is 7.40. The molecule has 3 heterocycles. The topological polar surface area (TPSA) is 6.48 Å². The van der Waals surface area contributed by atoms with Crippen LogP contribution >= 0.6 is 0 Å². The summed E-state index contributed by atoms with van der Waals surface area (Å²) in [5.74, 6) is 0. The fourth-order valence-corrected chi connectivity index (χ4v) is 4.07. The largest absolute Gasteiger partial charge is 0.285 e. The van der Waals surface area contributed by atoms with Crippen LogP contribution in [0.5, 0.6) is 0 Å². The molecule has 3 aliphatic heterocycles. The zero-order valence-corrected chi connectivity index (χ0v) is 9.99. The van der Waals surface area contributed by atoms with Gasteiger partial charge in [0.2, 0.25) is 0 Å². The number of piperidine rings is 1. The van der Waals surface area contributed by atoms with Crippen LogP contribution in [0.4, 0.5) is 0 Å². The van der Waals surface area contributed by atoms with Crippen LogP contribution in [0.15, 0.2) is 0 Å². The highest BCUT2D eigenvalue weighted by atomic mass is 15.4. The van der Waals surface area contributed by atoms with E-state index >= 15 is 0 Å². The molecule has 0 aromatic heterocycles. The maximum atomic E-state index is 2.84. The van der Waals surface area contributed by atoms with Crippen LogP contribution in [0, 0.1) is 0 Å². The summed E-state index contributed by atoms with van der Waals surface area (Å²) in [5.41, 5.74) is 0. The molecule has 0 amide bonds. The van der Waals surface area contributed by atoms with Crippen LogP contribution < -0.4 is 0 Å².